The summed E-state index contributed by atoms with van der Waals surface area (Å²) in [6, 6.07) is 7.37. The number of halogens is 3. The van der Waals surface area contributed by atoms with Crippen LogP contribution in [-0.4, -0.2) is 33.2 Å². The number of methoxy groups -OCH3 is 2. The summed E-state index contributed by atoms with van der Waals surface area (Å²) in [7, 11) is 3.15. The molecule has 2 N–H and O–H groups in total. The van der Waals surface area contributed by atoms with Crippen LogP contribution in [0, 0.1) is 17.5 Å². The largest absolute Gasteiger partial charge is 0.497 e. The van der Waals surface area contributed by atoms with E-state index in [1.807, 2.05) is 12.1 Å². The van der Waals surface area contributed by atoms with Crippen LogP contribution in [0.15, 0.2) is 30.3 Å². The third-order valence-corrected chi connectivity index (χ3v) is 5.00. The van der Waals surface area contributed by atoms with Crippen LogP contribution in [0.5, 0.6) is 11.5 Å². The molecule has 2 atom stereocenters. The molecule has 1 fully saturated rings. The third-order valence-electron chi connectivity index (χ3n) is 5.00. The fourth-order valence-electron chi connectivity index (χ4n) is 3.63. The number of nitrogens with one attached hydrogen (secondary N) is 2. The van der Waals surface area contributed by atoms with Crippen molar-refractivity contribution in [2.45, 2.75) is 18.9 Å². The summed E-state index contributed by atoms with van der Waals surface area (Å²) in [5.41, 5.74) is 0.587. The second-order valence-corrected chi connectivity index (χ2v) is 6.66. The maximum Gasteiger partial charge on any atom is 0.279 e. The molecule has 0 bridgehead atoms. The summed E-state index contributed by atoms with van der Waals surface area (Å²) in [4.78, 5) is 13.4. The van der Waals surface area contributed by atoms with Gasteiger partial charge in [0.25, 0.3) is 5.91 Å². The maximum atomic E-state index is 13.8. The van der Waals surface area contributed by atoms with Crippen molar-refractivity contribution in [3.05, 3.63) is 53.3 Å². The first-order chi connectivity index (χ1) is 13.4. The summed E-state index contributed by atoms with van der Waals surface area (Å²) >= 11 is 0. The van der Waals surface area contributed by atoms with Gasteiger partial charge in [-0.15, -0.1) is 0 Å². The van der Waals surface area contributed by atoms with E-state index in [1.165, 1.54) is 0 Å². The van der Waals surface area contributed by atoms with Crippen LogP contribution in [0.2, 0.25) is 0 Å². The maximum absolute atomic E-state index is 13.8. The SMILES string of the molecule is COc1ccc([C@H]2CCC[NH+]2CC(=O)Nc2ccc(F)c(F)c2F)c(OC)c1. The number of likely N-dealkylation sites (tertiary alicyclic amines) is 1. The van der Waals surface area contributed by atoms with E-state index < -0.39 is 23.4 Å². The van der Waals surface area contributed by atoms with Gasteiger partial charge in [0.05, 0.1) is 32.0 Å². The van der Waals surface area contributed by atoms with Crippen LogP contribution >= 0.6 is 0 Å². The van der Waals surface area contributed by atoms with Gasteiger partial charge < -0.3 is 19.7 Å². The van der Waals surface area contributed by atoms with Crippen molar-refractivity contribution in [3.63, 3.8) is 0 Å². The fourth-order valence-corrected chi connectivity index (χ4v) is 3.63. The standard InChI is InChI=1S/C20H21F3N2O3/c1-27-12-5-6-13(17(10-12)28-2)16-4-3-9-25(16)11-18(26)24-15-8-7-14(21)19(22)20(15)23/h5-8,10,16H,3-4,9,11H2,1-2H3,(H,24,26)/p+1/t16-/m1/s1. The first-order valence-corrected chi connectivity index (χ1v) is 8.94. The van der Waals surface area contributed by atoms with Crippen LogP contribution in [0.25, 0.3) is 0 Å². The van der Waals surface area contributed by atoms with E-state index in [0.717, 1.165) is 42.0 Å². The minimum atomic E-state index is -1.60. The van der Waals surface area contributed by atoms with Gasteiger partial charge in [0.1, 0.15) is 17.5 Å². The number of hydrogen-bond acceptors (Lipinski definition) is 3. The molecule has 0 radical (unpaired) electrons. The van der Waals surface area contributed by atoms with Crippen LogP contribution in [0.1, 0.15) is 24.4 Å². The lowest BCUT2D eigenvalue weighted by Gasteiger charge is -2.23. The van der Waals surface area contributed by atoms with Gasteiger partial charge in [-0.25, -0.2) is 13.2 Å². The molecular formula is C20H22F3N2O3+. The molecule has 28 heavy (non-hydrogen) atoms. The molecule has 0 aliphatic carbocycles. The molecule has 2 aromatic rings. The molecule has 2 aromatic carbocycles. The van der Waals surface area contributed by atoms with E-state index in [0.29, 0.717) is 11.5 Å². The molecule has 8 heteroatoms. The smallest absolute Gasteiger partial charge is 0.279 e. The van der Waals surface area contributed by atoms with Crippen molar-refractivity contribution in [2.24, 2.45) is 0 Å². The van der Waals surface area contributed by atoms with E-state index in [4.69, 9.17) is 9.47 Å². The molecule has 1 saturated heterocycles. The van der Waals surface area contributed by atoms with E-state index in [1.54, 1.807) is 20.3 Å². The predicted octanol–water partition coefficient (Wildman–Crippen LogP) is 2.48. The molecule has 150 valence electrons. The Kier molecular flexibility index (Phi) is 6.08. The van der Waals surface area contributed by atoms with Gasteiger partial charge in [-0.05, 0) is 24.3 Å². The Hall–Kier alpha value is -2.74. The molecule has 0 saturated carbocycles. The van der Waals surface area contributed by atoms with E-state index in [2.05, 4.69) is 5.32 Å². The van der Waals surface area contributed by atoms with Crippen molar-refractivity contribution in [2.75, 3.05) is 32.6 Å². The van der Waals surface area contributed by atoms with Crippen LogP contribution < -0.4 is 19.7 Å². The highest BCUT2D eigenvalue weighted by Crippen LogP contribution is 2.31. The number of benzene rings is 2. The van der Waals surface area contributed by atoms with Gasteiger partial charge in [-0.3, -0.25) is 4.79 Å². The van der Waals surface area contributed by atoms with Gasteiger partial charge in [0, 0.05) is 18.9 Å². The summed E-state index contributed by atoms with van der Waals surface area (Å²) in [6.45, 7) is 0.825. The number of quaternary nitrogens is 1. The van der Waals surface area contributed by atoms with Crippen molar-refractivity contribution in [3.8, 4) is 11.5 Å². The topological polar surface area (TPSA) is 52.0 Å². The zero-order valence-corrected chi connectivity index (χ0v) is 15.7. The second kappa shape index (κ2) is 8.52. The number of carbonyl (C=O) groups excluding carboxylic acids is 1. The highest BCUT2D eigenvalue weighted by atomic mass is 19.2. The van der Waals surface area contributed by atoms with Crippen molar-refractivity contribution >= 4 is 11.6 Å². The Labute approximate surface area is 161 Å². The molecule has 1 amide bonds. The zero-order valence-electron chi connectivity index (χ0n) is 15.7. The monoisotopic (exact) mass is 395 g/mol. The Bertz CT molecular complexity index is 876. The van der Waals surface area contributed by atoms with E-state index in [9.17, 15) is 18.0 Å². The number of amides is 1. The Morgan fingerprint density at radius 3 is 2.64 bits per heavy atom. The Balaban J connectivity index is 1.74. The van der Waals surface area contributed by atoms with Crippen molar-refractivity contribution in [1.29, 1.82) is 0 Å². The average molecular weight is 395 g/mol. The van der Waals surface area contributed by atoms with Crippen molar-refractivity contribution in [1.82, 2.24) is 0 Å². The quantitative estimate of drug-likeness (QED) is 0.739. The lowest BCUT2D eigenvalue weighted by Crippen LogP contribution is -3.11. The molecule has 0 aromatic heterocycles. The average Bonchev–Trinajstić information content (AvgIpc) is 3.15. The van der Waals surface area contributed by atoms with Crippen molar-refractivity contribution < 1.29 is 32.3 Å². The molecule has 3 rings (SSSR count). The van der Waals surface area contributed by atoms with Crippen LogP contribution in [0.4, 0.5) is 18.9 Å². The normalized spacial score (nSPS) is 18.8. The molecule has 1 heterocycles. The summed E-state index contributed by atoms with van der Waals surface area (Å²) in [5, 5.41) is 2.33. The molecule has 1 aliphatic heterocycles. The zero-order chi connectivity index (χ0) is 20.3. The molecule has 5 nitrogen and oxygen atoms in total. The van der Waals surface area contributed by atoms with E-state index in [-0.39, 0.29) is 18.3 Å². The summed E-state index contributed by atoms with van der Waals surface area (Å²) < 4.78 is 50.9. The highest BCUT2D eigenvalue weighted by molar-refractivity contribution is 5.91. The molecule has 1 unspecified atom stereocenters. The first-order valence-electron chi connectivity index (χ1n) is 8.94. The highest BCUT2D eigenvalue weighted by Gasteiger charge is 2.34. The van der Waals surface area contributed by atoms with Gasteiger partial charge in [-0.2, -0.15) is 0 Å². The molecule has 0 spiro atoms. The van der Waals surface area contributed by atoms with Gasteiger partial charge in [0.15, 0.2) is 24.0 Å². The summed E-state index contributed by atoms with van der Waals surface area (Å²) in [6.07, 6.45) is 1.78. The number of carbonyl (C=O) groups is 1. The number of hydrogen-bond donors (Lipinski definition) is 2. The fraction of sp³-hybridized carbons (Fsp3) is 0.350. The van der Waals surface area contributed by atoms with Gasteiger partial charge in [0.2, 0.25) is 0 Å². The lowest BCUT2D eigenvalue weighted by atomic mass is 10.0. The summed E-state index contributed by atoms with van der Waals surface area (Å²) in [5.74, 6) is -3.43. The van der Waals surface area contributed by atoms with Crippen LogP contribution in [0.3, 0.4) is 0 Å². The minimum Gasteiger partial charge on any atom is -0.497 e. The first kappa shape index (κ1) is 20.0. The third kappa shape index (κ3) is 4.06. The van der Waals surface area contributed by atoms with Crippen LogP contribution in [-0.2, 0) is 4.79 Å². The minimum absolute atomic E-state index is 0.0291. The molecular weight excluding hydrogens is 373 g/mol. The Morgan fingerprint density at radius 2 is 1.93 bits per heavy atom. The van der Waals surface area contributed by atoms with Gasteiger partial charge >= 0.3 is 0 Å². The lowest BCUT2D eigenvalue weighted by molar-refractivity contribution is -0.910. The van der Waals surface area contributed by atoms with E-state index >= 15 is 0 Å². The Morgan fingerprint density at radius 1 is 1.14 bits per heavy atom. The molecule has 1 aliphatic rings. The predicted molar refractivity (Wildman–Crippen MR) is 97.2 cm³/mol. The number of anilines is 1. The van der Waals surface area contributed by atoms with Gasteiger partial charge in [-0.1, -0.05) is 0 Å². The second-order valence-electron chi connectivity index (χ2n) is 6.66. The number of ether oxygens (including phenoxy) is 2. The number of rotatable bonds is 6.